The van der Waals surface area contributed by atoms with Crippen LogP contribution in [0.15, 0.2) is 30.3 Å². The lowest BCUT2D eigenvalue weighted by molar-refractivity contribution is 0.425. The Labute approximate surface area is 131 Å². The van der Waals surface area contributed by atoms with Crippen molar-refractivity contribution in [3.05, 3.63) is 41.5 Å². The molecular weight excluding hydrogens is 252 g/mol. The smallest absolute Gasteiger partial charge is 0.0228 e. The molecule has 0 amide bonds. The molecule has 0 saturated carbocycles. The minimum absolute atomic E-state index is 0.949. The van der Waals surface area contributed by atoms with Crippen molar-refractivity contribution in [2.75, 3.05) is 0 Å². The predicted molar refractivity (Wildman–Crippen MR) is 94.5 cm³/mol. The maximum absolute atomic E-state index is 2.52. The summed E-state index contributed by atoms with van der Waals surface area (Å²) in [7, 11) is 0. The molecular formula is C21H32. The Bertz CT molecular complexity index is 424. The van der Waals surface area contributed by atoms with Crippen molar-refractivity contribution in [3.8, 4) is 0 Å². The van der Waals surface area contributed by atoms with Gasteiger partial charge in [-0.05, 0) is 48.3 Å². The van der Waals surface area contributed by atoms with Gasteiger partial charge in [-0.25, -0.2) is 0 Å². The number of hydrogen-bond acceptors (Lipinski definition) is 0. The fraction of sp³-hybridized carbons (Fsp3) is 0.619. The molecule has 0 heteroatoms. The summed E-state index contributed by atoms with van der Waals surface area (Å²) in [5, 5.41) is 0. The molecule has 1 aromatic carbocycles. The van der Waals surface area contributed by atoms with Gasteiger partial charge in [0.25, 0.3) is 0 Å². The molecule has 2 rings (SSSR count). The van der Waals surface area contributed by atoms with Crippen molar-refractivity contribution < 1.29 is 0 Å². The van der Waals surface area contributed by atoms with Crippen LogP contribution in [0.3, 0.4) is 0 Å². The van der Waals surface area contributed by atoms with Gasteiger partial charge >= 0.3 is 0 Å². The molecule has 0 saturated heterocycles. The molecule has 116 valence electrons. The fourth-order valence-electron chi connectivity index (χ4n) is 3.45. The summed E-state index contributed by atoms with van der Waals surface area (Å²) < 4.78 is 0. The molecule has 0 heterocycles. The topological polar surface area (TPSA) is 0 Å². The van der Waals surface area contributed by atoms with Gasteiger partial charge in [-0.2, -0.15) is 0 Å². The summed E-state index contributed by atoms with van der Waals surface area (Å²) in [4.78, 5) is 0. The molecule has 1 atom stereocenters. The maximum atomic E-state index is 2.52. The Morgan fingerprint density at radius 3 is 2.38 bits per heavy atom. The van der Waals surface area contributed by atoms with Gasteiger partial charge in [0.2, 0.25) is 0 Å². The van der Waals surface area contributed by atoms with Gasteiger partial charge < -0.3 is 0 Å². The van der Waals surface area contributed by atoms with Gasteiger partial charge in [0, 0.05) is 0 Å². The Morgan fingerprint density at radius 1 is 0.952 bits per heavy atom. The first kappa shape index (κ1) is 16.3. The van der Waals surface area contributed by atoms with E-state index < -0.39 is 0 Å². The molecule has 0 bridgehead atoms. The first-order valence-electron chi connectivity index (χ1n) is 9.11. The van der Waals surface area contributed by atoms with Gasteiger partial charge in [-0.15, -0.1) is 0 Å². The second-order valence-corrected chi connectivity index (χ2v) is 6.67. The van der Waals surface area contributed by atoms with E-state index in [-0.39, 0.29) is 0 Å². The van der Waals surface area contributed by atoms with Crippen molar-refractivity contribution >= 4 is 5.57 Å². The van der Waals surface area contributed by atoms with E-state index in [9.17, 15) is 0 Å². The molecule has 0 N–H and O–H groups in total. The van der Waals surface area contributed by atoms with E-state index in [2.05, 4.69) is 44.2 Å². The molecule has 0 fully saturated rings. The van der Waals surface area contributed by atoms with E-state index in [1.165, 1.54) is 75.3 Å². The van der Waals surface area contributed by atoms with Crippen LogP contribution < -0.4 is 0 Å². The van der Waals surface area contributed by atoms with Crippen LogP contribution >= 0.6 is 0 Å². The van der Waals surface area contributed by atoms with Gasteiger partial charge in [0.1, 0.15) is 0 Å². The number of benzene rings is 1. The number of allylic oxidation sites excluding steroid dienone is 2. The summed E-state index contributed by atoms with van der Waals surface area (Å²) >= 11 is 0. The van der Waals surface area contributed by atoms with Crippen molar-refractivity contribution in [3.63, 3.8) is 0 Å². The third kappa shape index (κ3) is 5.34. The van der Waals surface area contributed by atoms with Gasteiger partial charge in [-0.1, -0.05) is 82.7 Å². The maximum Gasteiger partial charge on any atom is -0.0228 e. The highest BCUT2D eigenvalue weighted by Crippen LogP contribution is 2.32. The number of unbranched alkanes of at least 4 members (excludes halogenated alkanes) is 3. The van der Waals surface area contributed by atoms with E-state index >= 15 is 0 Å². The average Bonchev–Trinajstić information content (AvgIpc) is 2.53. The number of rotatable bonds is 8. The van der Waals surface area contributed by atoms with Crippen LogP contribution in [0, 0.1) is 5.92 Å². The highest BCUT2D eigenvalue weighted by atomic mass is 14.2. The van der Waals surface area contributed by atoms with Crippen molar-refractivity contribution in [2.24, 2.45) is 5.92 Å². The summed E-state index contributed by atoms with van der Waals surface area (Å²) in [5.41, 5.74) is 4.52. The molecule has 1 aliphatic carbocycles. The normalized spacial score (nSPS) is 18.6. The lowest BCUT2D eigenvalue weighted by Crippen LogP contribution is -2.05. The first-order valence-corrected chi connectivity index (χ1v) is 9.11. The van der Waals surface area contributed by atoms with Crippen LogP contribution in [0.2, 0.25) is 0 Å². The van der Waals surface area contributed by atoms with Crippen LogP contribution in [0.1, 0.15) is 82.8 Å². The third-order valence-electron chi connectivity index (χ3n) is 4.85. The summed E-state index contributed by atoms with van der Waals surface area (Å²) in [6.45, 7) is 4.54. The average molecular weight is 284 g/mol. The Hall–Kier alpha value is -1.04. The van der Waals surface area contributed by atoms with E-state index in [1.54, 1.807) is 5.57 Å². The molecule has 21 heavy (non-hydrogen) atoms. The molecule has 0 nitrogen and oxygen atoms in total. The highest BCUT2D eigenvalue weighted by Gasteiger charge is 2.15. The first-order chi connectivity index (χ1) is 10.3. The van der Waals surface area contributed by atoms with Gasteiger partial charge in [0.15, 0.2) is 0 Å². The van der Waals surface area contributed by atoms with Crippen LogP contribution in [-0.4, -0.2) is 0 Å². The molecule has 0 aliphatic heterocycles. The highest BCUT2D eigenvalue weighted by molar-refractivity contribution is 5.66. The Balaban J connectivity index is 1.81. The monoisotopic (exact) mass is 284 g/mol. The van der Waals surface area contributed by atoms with E-state index in [4.69, 9.17) is 0 Å². The zero-order chi connectivity index (χ0) is 14.9. The van der Waals surface area contributed by atoms with Crippen LogP contribution in [0.4, 0.5) is 0 Å². The van der Waals surface area contributed by atoms with Crippen molar-refractivity contribution in [1.82, 2.24) is 0 Å². The minimum Gasteiger partial charge on any atom is -0.0804 e. The zero-order valence-electron chi connectivity index (χ0n) is 14.0. The predicted octanol–water partition coefficient (Wildman–Crippen LogP) is 6.79. The fourth-order valence-corrected chi connectivity index (χ4v) is 3.45. The molecule has 0 spiro atoms. The molecule has 1 unspecified atom stereocenters. The Kier molecular flexibility index (Phi) is 7.06. The lowest BCUT2D eigenvalue weighted by atomic mass is 9.83. The van der Waals surface area contributed by atoms with Crippen LogP contribution in [0.25, 0.3) is 5.57 Å². The van der Waals surface area contributed by atoms with E-state index in [1.807, 2.05) is 0 Å². The Morgan fingerprint density at radius 2 is 1.76 bits per heavy atom. The molecule has 1 aromatic rings. The SMILES string of the molecule is CCCCCCC1CC=C(c2ccc(CCC)cc2)CC1. The third-order valence-corrected chi connectivity index (χ3v) is 4.85. The largest absolute Gasteiger partial charge is 0.0804 e. The molecule has 1 aliphatic rings. The summed E-state index contributed by atoms with van der Waals surface area (Å²) in [5.74, 6) is 0.949. The zero-order valence-corrected chi connectivity index (χ0v) is 14.0. The minimum atomic E-state index is 0.949. The summed E-state index contributed by atoms with van der Waals surface area (Å²) in [6.07, 6.45) is 16.0. The van der Waals surface area contributed by atoms with Crippen LogP contribution in [0.5, 0.6) is 0 Å². The molecule has 0 aromatic heterocycles. The second kappa shape index (κ2) is 9.07. The number of hydrogen-bond donors (Lipinski definition) is 0. The van der Waals surface area contributed by atoms with Crippen molar-refractivity contribution in [1.29, 1.82) is 0 Å². The quantitative estimate of drug-likeness (QED) is 0.461. The lowest BCUT2D eigenvalue weighted by Gasteiger charge is -2.22. The van der Waals surface area contributed by atoms with E-state index in [0.29, 0.717) is 0 Å². The van der Waals surface area contributed by atoms with Crippen molar-refractivity contribution in [2.45, 2.75) is 78.1 Å². The summed E-state index contributed by atoms with van der Waals surface area (Å²) in [6, 6.07) is 9.30. The number of aryl methyl sites for hydroxylation is 1. The van der Waals surface area contributed by atoms with Gasteiger partial charge in [0.05, 0.1) is 0 Å². The molecule has 0 radical (unpaired) electrons. The standard InChI is InChI=1S/C21H32/c1-3-5-6-7-9-19-12-16-21(17-13-19)20-14-10-18(8-4-2)11-15-20/h10-11,14-16,19H,3-9,12-13,17H2,1-2H3. The van der Waals surface area contributed by atoms with Crippen LogP contribution in [-0.2, 0) is 6.42 Å². The van der Waals surface area contributed by atoms with E-state index in [0.717, 1.165) is 5.92 Å². The second-order valence-electron chi connectivity index (χ2n) is 6.67. The van der Waals surface area contributed by atoms with Gasteiger partial charge in [-0.3, -0.25) is 0 Å².